The second-order valence-electron chi connectivity index (χ2n) is 5.79. The van der Waals surface area contributed by atoms with E-state index in [-0.39, 0.29) is 11.6 Å². The SMILES string of the molecule is Cc1nc2ccc3c(c2o1)C1(CCCCC1)NC(=O)N3. The van der Waals surface area contributed by atoms with E-state index < -0.39 is 0 Å². The molecule has 4 rings (SSSR count). The number of hydrogen-bond acceptors (Lipinski definition) is 3. The highest BCUT2D eigenvalue weighted by atomic mass is 16.3. The fourth-order valence-electron chi connectivity index (χ4n) is 3.65. The molecule has 1 saturated carbocycles. The fraction of sp³-hybridized carbons (Fsp3) is 0.467. The third-order valence-corrected chi connectivity index (χ3v) is 4.45. The van der Waals surface area contributed by atoms with Crippen molar-refractivity contribution in [3.05, 3.63) is 23.6 Å². The van der Waals surface area contributed by atoms with E-state index in [1.54, 1.807) is 0 Å². The summed E-state index contributed by atoms with van der Waals surface area (Å²) >= 11 is 0. The van der Waals surface area contributed by atoms with Crippen molar-refractivity contribution in [1.82, 2.24) is 10.3 Å². The van der Waals surface area contributed by atoms with Crippen LogP contribution in [0.5, 0.6) is 0 Å². The Labute approximate surface area is 116 Å². The Morgan fingerprint density at radius 1 is 1.25 bits per heavy atom. The molecule has 1 spiro atoms. The van der Waals surface area contributed by atoms with Crippen molar-refractivity contribution in [3.8, 4) is 0 Å². The molecule has 1 aliphatic carbocycles. The number of urea groups is 1. The van der Waals surface area contributed by atoms with Crippen LogP contribution in [0.3, 0.4) is 0 Å². The van der Waals surface area contributed by atoms with Crippen molar-refractivity contribution < 1.29 is 9.21 Å². The van der Waals surface area contributed by atoms with Crippen molar-refractivity contribution in [2.45, 2.75) is 44.6 Å². The summed E-state index contributed by atoms with van der Waals surface area (Å²) in [6, 6.07) is 3.73. The minimum absolute atomic E-state index is 0.116. The number of rotatable bonds is 0. The molecule has 0 unspecified atom stereocenters. The number of amides is 2. The smallest absolute Gasteiger partial charge is 0.319 e. The predicted molar refractivity (Wildman–Crippen MR) is 75.7 cm³/mol. The van der Waals surface area contributed by atoms with Crippen LogP contribution in [0.25, 0.3) is 11.1 Å². The molecular formula is C15H17N3O2. The molecule has 5 heteroatoms. The van der Waals surface area contributed by atoms with Gasteiger partial charge in [0.1, 0.15) is 5.52 Å². The van der Waals surface area contributed by atoms with Gasteiger partial charge in [0.25, 0.3) is 0 Å². The van der Waals surface area contributed by atoms with Gasteiger partial charge in [0, 0.05) is 12.5 Å². The number of carbonyl (C=O) groups is 1. The molecule has 2 N–H and O–H groups in total. The Balaban J connectivity index is 2.01. The van der Waals surface area contributed by atoms with Crippen LogP contribution in [0.4, 0.5) is 10.5 Å². The van der Waals surface area contributed by atoms with Gasteiger partial charge in [0.05, 0.1) is 11.2 Å². The summed E-state index contributed by atoms with van der Waals surface area (Å²) in [5, 5.41) is 6.05. The highest BCUT2D eigenvalue weighted by Gasteiger charge is 2.42. The lowest BCUT2D eigenvalue weighted by Gasteiger charge is -2.42. The van der Waals surface area contributed by atoms with Crippen LogP contribution < -0.4 is 10.6 Å². The van der Waals surface area contributed by atoms with Gasteiger partial charge in [-0.25, -0.2) is 9.78 Å². The van der Waals surface area contributed by atoms with E-state index in [4.69, 9.17) is 4.42 Å². The molecule has 2 aliphatic rings. The quantitative estimate of drug-likeness (QED) is 0.771. The molecular weight excluding hydrogens is 254 g/mol. The summed E-state index contributed by atoms with van der Waals surface area (Å²) in [5.74, 6) is 0.663. The van der Waals surface area contributed by atoms with Crippen molar-refractivity contribution in [3.63, 3.8) is 0 Å². The molecule has 0 bridgehead atoms. The molecule has 5 nitrogen and oxygen atoms in total. The number of anilines is 1. The van der Waals surface area contributed by atoms with Crippen LogP contribution in [-0.4, -0.2) is 11.0 Å². The van der Waals surface area contributed by atoms with Crippen LogP contribution in [0.2, 0.25) is 0 Å². The maximum atomic E-state index is 12.0. The molecule has 2 amide bonds. The minimum atomic E-state index is -0.290. The fourth-order valence-corrected chi connectivity index (χ4v) is 3.65. The maximum Gasteiger partial charge on any atom is 0.319 e. The Morgan fingerprint density at radius 2 is 2.05 bits per heavy atom. The van der Waals surface area contributed by atoms with Crippen molar-refractivity contribution in [2.24, 2.45) is 0 Å². The third kappa shape index (κ3) is 1.55. The zero-order valence-electron chi connectivity index (χ0n) is 11.5. The Morgan fingerprint density at radius 3 is 2.85 bits per heavy atom. The number of fused-ring (bicyclic) bond motifs is 4. The number of nitrogens with zero attached hydrogens (tertiary/aromatic N) is 1. The molecule has 0 saturated heterocycles. The van der Waals surface area contributed by atoms with Crippen LogP contribution in [-0.2, 0) is 5.54 Å². The summed E-state index contributed by atoms with van der Waals surface area (Å²) in [7, 11) is 0. The molecule has 2 aromatic rings. The molecule has 0 atom stereocenters. The molecule has 1 aromatic carbocycles. The number of benzene rings is 1. The van der Waals surface area contributed by atoms with Crippen molar-refractivity contribution in [1.29, 1.82) is 0 Å². The average Bonchev–Trinajstić information content (AvgIpc) is 2.79. The van der Waals surface area contributed by atoms with E-state index in [1.165, 1.54) is 6.42 Å². The predicted octanol–water partition coefficient (Wildman–Crippen LogP) is 3.43. The van der Waals surface area contributed by atoms with Gasteiger partial charge in [-0.15, -0.1) is 0 Å². The second-order valence-corrected chi connectivity index (χ2v) is 5.79. The van der Waals surface area contributed by atoms with Gasteiger partial charge in [-0.1, -0.05) is 19.3 Å². The topological polar surface area (TPSA) is 67.2 Å². The molecule has 20 heavy (non-hydrogen) atoms. The van der Waals surface area contributed by atoms with Gasteiger partial charge in [0.2, 0.25) is 0 Å². The average molecular weight is 271 g/mol. The van der Waals surface area contributed by atoms with Gasteiger partial charge in [-0.05, 0) is 25.0 Å². The van der Waals surface area contributed by atoms with E-state index in [0.717, 1.165) is 48.0 Å². The second kappa shape index (κ2) is 3.98. The molecule has 1 aliphatic heterocycles. The number of aryl methyl sites for hydroxylation is 1. The van der Waals surface area contributed by atoms with E-state index in [1.807, 2.05) is 19.1 Å². The third-order valence-electron chi connectivity index (χ3n) is 4.45. The number of nitrogens with one attached hydrogen (secondary N) is 2. The van der Waals surface area contributed by atoms with Gasteiger partial charge in [0.15, 0.2) is 11.5 Å². The molecule has 0 radical (unpaired) electrons. The summed E-state index contributed by atoms with van der Waals surface area (Å²) in [6.45, 7) is 1.86. The van der Waals surface area contributed by atoms with Crippen molar-refractivity contribution in [2.75, 3.05) is 5.32 Å². The largest absolute Gasteiger partial charge is 0.441 e. The highest BCUT2D eigenvalue weighted by Crippen LogP contribution is 2.45. The Bertz CT molecular complexity index is 698. The van der Waals surface area contributed by atoms with Crippen LogP contribution in [0.1, 0.15) is 43.6 Å². The Kier molecular flexibility index (Phi) is 2.34. The molecule has 1 fully saturated rings. The summed E-state index contributed by atoms with van der Waals surface area (Å²) in [5.41, 5.74) is 3.33. The van der Waals surface area contributed by atoms with E-state index in [0.29, 0.717) is 5.89 Å². The number of carbonyl (C=O) groups excluding carboxylic acids is 1. The van der Waals surface area contributed by atoms with Crippen LogP contribution in [0.15, 0.2) is 16.5 Å². The summed E-state index contributed by atoms with van der Waals surface area (Å²) in [6.07, 6.45) is 5.41. The molecule has 1 aromatic heterocycles. The van der Waals surface area contributed by atoms with Gasteiger partial charge in [-0.2, -0.15) is 0 Å². The zero-order valence-corrected chi connectivity index (χ0v) is 11.5. The first kappa shape index (κ1) is 11.8. The monoisotopic (exact) mass is 271 g/mol. The zero-order chi connectivity index (χ0) is 13.7. The minimum Gasteiger partial charge on any atom is -0.441 e. The number of aromatic nitrogens is 1. The first-order valence-electron chi connectivity index (χ1n) is 7.18. The summed E-state index contributed by atoms with van der Waals surface area (Å²) in [4.78, 5) is 16.4. The van der Waals surface area contributed by atoms with Crippen LogP contribution in [0, 0.1) is 6.92 Å². The van der Waals surface area contributed by atoms with Gasteiger partial charge >= 0.3 is 6.03 Å². The van der Waals surface area contributed by atoms with Crippen LogP contribution >= 0.6 is 0 Å². The van der Waals surface area contributed by atoms with Crippen molar-refractivity contribution >= 4 is 22.8 Å². The maximum absolute atomic E-state index is 12.0. The summed E-state index contributed by atoms with van der Waals surface area (Å²) < 4.78 is 5.83. The lowest BCUT2D eigenvalue weighted by Crippen LogP contribution is -2.52. The normalized spacial score (nSPS) is 20.6. The van der Waals surface area contributed by atoms with E-state index in [2.05, 4.69) is 15.6 Å². The van der Waals surface area contributed by atoms with Gasteiger partial charge in [-0.3, -0.25) is 0 Å². The lowest BCUT2D eigenvalue weighted by molar-refractivity contribution is 0.209. The Hall–Kier alpha value is -2.04. The number of oxazole rings is 1. The first-order chi connectivity index (χ1) is 9.68. The lowest BCUT2D eigenvalue weighted by atomic mass is 9.75. The highest BCUT2D eigenvalue weighted by molar-refractivity contribution is 5.98. The number of hydrogen-bond donors (Lipinski definition) is 2. The van der Waals surface area contributed by atoms with E-state index in [9.17, 15) is 4.79 Å². The molecule has 104 valence electrons. The standard InChI is InChI=1S/C15H17N3O2/c1-9-16-11-6-5-10-12(13(11)20-9)15(18-14(19)17-10)7-3-2-4-8-15/h5-6H,2-4,7-8H2,1H3,(H2,17,18,19). The molecule has 2 heterocycles. The van der Waals surface area contributed by atoms with Gasteiger partial charge < -0.3 is 15.1 Å². The first-order valence-corrected chi connectivity index (χ1v) is 7.18. The van der Waals surface area contributed by atoms with E-state index >= 15 is 0 Å².